The Morgan fingerprint density at radius 1 is 1.14 bits per heavy atom. The SMILES string of the molecule is CCc1cc(C(C)=O)nc2cc(-c3ccc4cc(C(=O)OC)ccc4c3F)nn12. The first-order valence-electron chi connectivity index (χ1n) is 9.14. The van der Waals surface area contributed by atoms with Crippen molar-refractivity contribution in [3.8, 4) is 11.3 Å². The lowest BCUT2D eigenvalue weighted by Crippen LogP contribution is -2.05. The van der Waals surface area contributed by atoms with Crippen molar-refractivity contribution in [3.05, 3.63) is 65.2 Å². The summed E-state index contributed by atoms with van der Waals surface area (Å²) in [5, 5.41) is 5.47. The number of ketones is 1. The van der Waals surface area contributed by atoms with Gasteiger partial charge in [0.05, 0.1) is 18.4 Å². The van der Waals surface area contributed by atoms with E-state index in [4.69, 9.17) is 4.74 Å². The van der Waals surface area contributed by atoms with E-state index in [2.05, 4.69) is 10.1 Å². The van der Waals surface area contributed by atoms with Crippen LogP contribution < -0.4 is 0 Å². The summed E-state index contributed by atoms with van der Waals surface area (Å²) >= 11 is 0. The van der Waals surface area contributed by atoms with Crippen LogP contribution >= 0.6 is 0 Å². The second kappa shape index (κ2) is 7.09. The number of esters is 1. The maximum Gasteiger partial charge on any atom is 0.337 e. The summed E-state index contributed by atoms with van der Waals surface area (Å²) in [6.45, 7) is 3.41. The Balaban J connectivity index is 1.87. The molecule has 0 bridgehead atoms. The van der Waals surface area contributed by atoms with E-state index in [-0.39, 0.29) is 5.78 Å². The number of aryl methyl sites for hydroxylation is 1. The van der Waals surface area contributed by atoms with Gasteiger partial charge in [-0.25, -0.2) is 18.7 Å². The van der Waals surface area contributed by atoms with Crippen LogP contribution in [-0.2, 0) is 11.2 Å². The fourth-order valence-electron chi connectivity index (χ4n) is 3.34. The molecule has 146 valence electrons. The standard InChI is InChI=1S/C22H18FN3O3/c1-4-15-10-18(12(2)27)24-20-11-19(25-26(15)20)17-8-5-13-9-14(22(28)29-3)6-7-16(13)21(17)23/h5-11H,4H2,1-3H3. The summed E-state index contributed by atoms with van der Waals surface area (Å²) in [6, 6.07) is 11.4. The molecule has 0 amide bonds. The zero-order chi connectivity index (χ0) is 20.7. The van der Waals surface area contributed by atoms with E-state index in [1.165, 1.54) is 20.1 Å². The van der Waals surface area contributed by atoms with Gasteiger partial charge in [-0.15, -0.1) is 0 Å². The molecule has 7 heteroatoms. The number of fused-ring (bicyclic) bond motifs is 2. The van der Waals surface area contributed by atoms with Crippen LogP contribution in [0.15, 0.2) is 42.5 Å². The lowest BCUT2D eigenvalue weighted by atomic mass is 10.0. The van der Waals surface area contributed by atoms with E-state index in [0.717, 1.165) is 5.69 Å². The second-order valence-electron chi connectivity index (χ2n) is 6.70. The number of hydrogen-bond acceptors (Lipinski definition) is 5. The van der Waals surface area contributed by atoms with Crippen molar-refractivity contribution in [2.24, 2.45) is 0 Å². The Labute approximate surface area is 165 Å². The molecule has 0 aliphatic rings. The predicted octanol–water partition coefficient (Wildman–Crippen LogP) is 4.24. The van der Waals surface area contributed by atoms with Gasteiger partial charge in [0, 0.05) is 29.6 Å². The van der Waals surface area contributed by atoms with Gasteiger partial charge in [0.15, 0.2) is 11.4 Å². The summed E-state index contributed by atoms with van der Waals surface area (Å²) in [6.07, 6.45) is 0.650. The highest BCUT2D eigenvalue weighted by atomic mass is 19.1. The molecule has 2 aromatic heterocycles. The highest BCUT2D eigenvalue weighted by Crippen LogP contribution is 2.30. The Morgan fingerprint density at radius 3 is 2.62 bits per heavy atom. The smallest absolute Gasteiger partial charge is 0.337 e. The molecule has 0 saturated heterocycles. The van der Waals surface area contributed by atoms with Crippen molar-refractivity contribution < 1.29 is 18.7 Å². The molecular weight excluding hydrogens is 373 g/mol. The number of hydrogen-bond donors (Lipinski definition) is 0. The van der Waals surface area contributed by atoms with Gasteiger partial charge < -0.3 is 4.74 Å². The van der Waals surface area contributed by atoms with Gasteiger partial charge in [0.2, 0.25) is 0 Å². The molecule has 0 radical (unpaired) electrons. The number of carbonyl (C=O) groups is 2. The molecule has 4 rings (SSSR count). The summed E-state index contributed by atoms with van der Waals surface area (Å²) in [4.78, 5) is 27.8. The third kappa shape index (κ3) is 3.14. The van der Waals surface area contributed by atoms with Crippen molar-refractivity contribution in [2.75, 3.05) is 7.11 Å². The number of carbonyl (C=O) groups excluding carboxylic acids is 2. The predicted molar refractivity (Wildman–Crippen MR) is 107 cm³/mol. The third-order valence-corrected chi connectivity index (χ3v) is 4.88. The maximum absolute atomic E-state index is 15.2. The van der Waals surface area contributed by atoms with Gasteiger partial charge in [-0.2, -0.15) is 5.10 Å². The van der Waals surface area contributed by atoms with Crippen molar-refractivity contribution in [1.29, 1.82) is 0 Å². The number of halogens is 1. The largest absolute Gasteiger partial charge is 0.465 e. The fraction of sp³-hybridized carbons (Fsp3) is 0.182. The van der Waals surface area contributed by atoms with Crippen molar-refractivity contribution >= 4 is 28.2 Å². The molecule has 0 unspecified atom stereocenters. The zero-order valence-electron chi connectivity index (χ0n) is 16.2. The first-order valence-corrected chi connectivity index (χ1v) is 9.14. The highest BCUT2D eigenvalue weighted by molar-refractivity contribution is 5.97. The lowest BCUT2D eigenvalue weighted by Gasteiger charge is -2.06. The summed E-state index contributed by atoms with van der Waals surface area (Å²) in [5.41, 5.74) is 2.76. The molecule has 4 aromatic rings. The van der Waals surface area contributed by atoms with E-state index < -0.39 is 11.8 Å². The van der Waals surface area contributed by atoms with E-state index in [1.807, 2.05) is 6.92 Å². The topological polar surface area (TPSA) is 73.6 Å². The number of nitrogens with zero attached hydrogens (tertiary/aromatic N) is 3. The Hall–Kier alpha value is -3.61. The first-order chi connectivity index (χ1) is 13.9. The monoisotopic (exact) mass is 391 g/mol. The molecular formula is C22H18FN3O3. The second-order valence-corrected chi connectivity index (χ2v) is 6.70. The number of methoxy groups -OCH3 is 1. The summed E-state index contributed by atoms with van der Waals surface area (Å²) < 4.78 is 21.6. The van der Waals surface area contributed by atoms with Gasteiger partial charge >= 0.3 is 5.97 Å². The molecule has 29 heavy (non-hydrogen) atoms. The van der Waals surface area contributed by atoms with Crippen LogP contribution in [0.3, 0.4) is 0 Å². The van der Waals surface area contributed by atoms with Crippen molar-refractivity contribution in [3.63, 3.8) is 0 Å². The zero-order valence-corrected chi connectivity index (χ0v) is 16.2. The fourth-order valence-corrected chi connectivity index (χ4v) is 3.34. The number of aromatic nitrogens is 3. The Bertz CT molecular complexity index is 1290. The average molecular weight is 391 g/mol. The molecule has 0 fully saturated rings. The van der Waals surface area contributed by atoms with Crippen LogP contribution in [-0.4, -0.2) is 33.5 Å². The van der Waals surface area contributed by atoms with Crippen molar-refractivity contribution in [1.82, 2.24) is 14.6 Å². The van der Waals surface area contributed by atoms with Crippen LogP contribution in [0.25, 0.3) is 27.7 Å². The number of ether oxygens (including phenoxy) is 1. The first kappa shape index (κ1) is 18.7. The van der Waals surface area contributed by atoms with Gasteiger partial charge in [-0.3, -0.25) is 4.79 Å². The molecule has 0 aliphatic heterocycles. The quantitative estimate of drug-likeness (QED) is 0.384. The molecule has 2 aromatic carbocycles. The average Bonchev–Trinajstić information content (AvgIpc) is 3.16. The van der Waals surface area contributed by atoms with E-state index >= 15 is 4.39 Å². The Kier molecular flexibility index (Phi) is 4.58. The van der Waals surface area contributed by atoms with Crippen LogP contribution in [0.4, 0.5) is 4.39 Å². The van der Waals surface area contributed by atoms with E-state index in [0.29, 0.717) is 45.4 Å². The van der Waals surface area contributed by atoms with Gasteiger partial charge in [0.25, 0.3) is 0 Å². The maximum atomic E-state index is 15.2. The molecule has 0 atom stereocenters. The molecule has 6 nitrogen and oxygen atoms in total. The molecule has 2 heterocycles. The van der Waals surface area contributed by atoms with Crippen LogP contribution in [0.5, 0.6) is 0 Å². The van der Waals surface area contributed by atoms with E-state index in [1.54, 1.807) is 40.9 Å². The molecule has 0 aliphatic carbocycles. The molecule has 0 N–H and O–H groups in total. The third-order valence-electron chi connectivity index (χ3n) is 4.88. The number of Topliss-reactive ketones (excluding diaryl/α,β-unsaturated/α-hetero) is 1. The molecule has 0 saturated carbocycles. The number of benzene rings is 2. The van der Waals surface area contributed by atoms with Crippen LogP contribution in [0.1, 0.15) is 40.4 Å². The minimum atomic E-state index is -0.476. The summed E-state index contributed by atoms with van der Waals surface area (Å²) in [5.74, 6) is -1.05. The normalized spacial score (nSPS) is 11.2. The van der Waals surface area contributed by atoms with Gasteiger partial charge in [-0.1, -0.05) is 19.1 Å². The van der Waals surface area contributed by atoms with Crippen molar-refractivity contribution in [2.45, 2.75) is 20.3 Å². The van der Waals surface area contributed by atoms with Crippen LogP contribution in [0, 0.1) is 5.82 Å². The van der Waals surface area contributed by atoms with E-state index in [9.17, 15) is 9.59 Å². The molecule has 0 spiro atoms. The Morgan fingerprint density at radius 2 is 1.93 bits per heavy atom. The van der Waals surface area contributed by atoms with Crippen LogP contribution in [0.2, 0.25) is 0 Å². The summed E-state index contributed by atoms with van der Waals surface area (Å²) in [7, 11) is 1.30. The highest BCUT2D eigenvalue weighted by Gasteiger charge is 2.17. The number of rotatable bonds is 4. The van der Waals surface area contributed by atoms with Gasteiger partial charge in [0.1, 0.15) is 11.5 Å². The lowest BCUT2D eigenvalue weighted by molar-refractivity contribution is 0.0600. The minimum absolute atomic E-state index is 0.136. The minimum Gasteiger partial charge on any atom is -0.465 e. The van der Waals surface area contributed by atoms with Gasteiger partial charge in [-0.05, 0) is 36.1 Å².